The Morgan fingerprint density at radius 3 is 2.19 bits per heavy atom. The molecule has 1 aliphatic rings. The molecule has 4 rings (SSSR count). The highest BCUT2D eigenvalue weighted by atomic mass is 32.2. The predicted molar refractivity (Wildman–Crippen MR) is 110 cm³/mol. The molecular formula is C23H21NO2S. The minimum absolute atomic E-state index is 0.316. The second-order valence-corrected chi connectivity index (χ2v) is 8.72. The zero-order valence-corrected chi connectivity index (χ0v) is 16.2. The quantitative estimate of drug-likeness (QED) is 0.650. The van der Waals surface area contributed by atoms with Gasteiger partial charge in [0.15, 0.2) is 0 Å². The molecule has 0 N–H and O–H groups in total. The van der Waals surface area contributed by atoms with E-state index in [1.54, 1.807) is 12.1 Å². The van der Waals surface area contributed by atoms with Crippen LogP contribution in [0.4, 0.5) is 5.69 Å². The van der Waals surface area contributed by atoms with E-state index in [9.17, 15) is 8.42 Å². The molecule has 3 aromatic rings. The van der Waals surface area contributed by atoms with Crippen LogP contribution in [-0.2, 0) is 10.0 Å². The van der Waals surface area contributed by atoms with E-state index < -0.39 is 10.0 Å². The number of fused-ring (bicyclic) bond motifs is 1. The van der Waals surface area contributed by atoms with E-state index >= 15 is 0 Å². The molecule has 0 aromatic heterocycles. The van der Waals surface area contributed by atoms with Crippen molar-refractivity contribution in [2.45, 2.75) is 18.7 Å². The predicted octanol–water partition coefficient (Wildman–Crippen LogP) is 4.94. The number of rotatable bonds is 3. The van der Waals surface area contributed by atoms with Crippen LogP contribution in [0.5, 0.6) is 0 Å². The minimum atomic E-state index is -3.62. The minimum Gasteiger partial charge on any atom is -0.262 e. The molecule has 0 saturated heterocycles. The summed E-state index contributed by atoms with van der Waals surface area (Å²) in [6.45, 7) is 4.29. The first-order chi connectivity index (χ1) is 13.0. The highest BCUT2D eigenvalue weighted by molar-refractivity contribution is 7.92. The summed E-state index contributed by atoms with van der Waals surface area (Å²) in [6, 6.07) is 23.0. The van der Waals surface area contributed by atoms with E-state index in [1.165, 1.54) is 4.31 Å². The monoisotopic (exact) mass is 375 g/mol. The number of sulfonamides is 1. The van der Waals surface area contributed by atoms with Crippen LogP contribution in [0.25, 0.3) is 5.57 Å². The Balaban J connectivity index is 1.85. The topological polar surface area (TPSA) is 37.4 Å². The van der Waals surface area contributed by atoms with Gasteiger partial charge < -0.3 is 0 Å². The number of aryl methyl sites for hydroxylation is 2. The second-order valence-electron chi connectivity index (χ2n) is 6.85. The molecule has 0 fully saturated rings. The van der Waals surface area contributed by atoms with Gasteiger partial charge in [-0.1, -0.05) is 65.7 Å². The fraction of sp³-hybridized carbons (Fsp3) is 0.130. The van der Waals surface area contributed by atoms with Gasteiger partial charge in [0.05, 0.1) is 17.1 Å². The molecule has 0 atom stereocenters. The van der Waals surface area contributed by atoms with Gasteiger partial charge in [-0.3, -0.25) is 4.31 Å². The van der Waals surface area contributed by atoms with Crippen LogP contribution in [0.2, 0.25) is 0 Å². The third-order valence-corrected chi connectivity index (χ3v) is 6.66. The molecular weight excluding hydrogens is 354 g/mol. The molecule has 3 nitrogen and oxygen atoms in total. The summed E-state index contributed by atoms with van der Waals surface area (Å²) >= 11 is 0. The molecule has 0 amide bonds. The van der Waals surface area contributed by atoms with E-state index in [2.05, 4.69) is 18.2 Å². The van der Waals surface area contributed by atoms with E-state index in [-0.39, 0.29) is 0 Å². The van der Waals surface area contributed by atoms with Gasteiger partial charge in [-0.15, -0.1) is 0 Å². The molecule has 0 bridgehead atoms. The van der Waals surface area contributed by atoms with Crippen LogP contribution in [0.15, 0.2) is 83.8 Å². The summed E-state index contributed by atoms with van der Waals surface area (Å²) in [5, 5.41) is 0. The molecule has 0 unspecified atom stereocenters. The third kappa shape index (κ3) is 3.17. The largest absolute Gasteiger partial charge is 0.264 e. The zero-order chi connectivity index (χ0) is 19.0. The van der Waals surface area contributed by atoms with Crippen molar-refractivity contribution in [3.8, 4) is 0 Å². The molecule has 27 heavy (non-hydrogen) atoms. The normalized spacial score (nSPS) is 13.9. The number of hydrogen-bond acceptors (Lipinski definition) is 2. The van der Waals surface area contributed by atoms with Crippen molar-refractivity contribution >= 4 is 21.3 Å². The fourth-order valence-electron chi connectivity index (χ4n) is 3.42. The third-order valence-electron chi connectivity index (χ3n) is 4.87. The first-order valence-electron chi connectivity index (χ1n) is 8.93. The average Bonchev–Trinajstić information content (AvgIpc) is 2.68. The molecule has 1 heterocycles. The molecule has 1 aliphatic heterocycles. The van der Waals surface area contributed by atoms with Gasteiger partial charge in [0, 0.05) is 5.56 Å². The molecule has 3 aromatic carbocycles. The first kappa shape index (κ1) is 17.6. The molecule has 0 saturated carbocycles. The van der Waals surface area contributed by atoms with Gasteiger partial charge in [0.25, 0.3) is 10.0 Å². The Kier molecular flexibility index (Phi) is 4.36. The zero-order valence-electron chi connectivity index (χ0n) is 15.4. The maximum absolute atomic E-state index is 13.3. The second kappa shape index (κ2) is 6.71. The highest BCUT2D eigenvalue weighted by Crippen LogP contribution is 2.38. The Labute approximate surface area is 160 Å². The first-order valence-corrected chi connectivity index (χ1v) is 10.4. The SMILES string of the molecule is Cc1ccc(S(=O)(=O)N2CC=C(c3ccccc3)c3cc(C)ccc32)cc1. The van der Waals surface area contributed by atoms with Crippen molar-refractivity contribution in [2.75, 3.05) is 10.8 Å². The Hall–Kier alpha value is -2.85. The average molecular weight is 375 g/mol. The van der Waals surface area contributed by atoms with E-state index in [1.807, 2.05) is 62.4 Å². The lowest BCUT2D eigenvalue weighted by Crippen LogP contribution is -2.34. The van der Waals surface area contributed by atoms with Gasteiger partial charge in [0.1, 0.15) is 0 Å². The summed E-state index contributed by atoms with van der Waals surface area (Å²) in [4.78, 5) is 0.316. The lowest BCUT2D eigenvalue weighted by molar-refractivity contribution is 0.592. The molecule has 0 aliphatic carbocycles. The van der Waals surface area contributed by atoms with Crippen LogP contribution >= 0.6 is 0 Å². The van der Waals surface area contributed by atoms with E-state index in [4.69, 9.17) is 0 Å². The standard InChI is InChI=1S/C23H21NO2S/c1-17-8-11-20(12-9-17)27(25,26)24-15-14-21(19-6-4-3-5-7-19)22-16-18(2)10-13-23(22)24/h3-14,16H,15H2,1-2H3. The van der Waals surface area contributed by atoms with Crippen molar-refractivity contribution in [1.29, 1.82) is 0 Å². The number of nitrogens with zero attached hydrogens (tertiary/aromatic N) is 1. The van der Waals surface area contributed by atoms with Crippen molar-refractivity contribution in [3.63, 3.8) is 0 Å². The molecule has 0 radical (unpaired) electrons. The van der Waals surface area contributed by atoms with Crippen molar-refractivity contribution in [2.24, 2.45) is 0 Å². The van der Waals surface area contributed by atoms with Crippen LogP contribution in [0, 0.1) is 13.8 Å². The maximum Gasteiger partial charge on any atom is 0.264 e. The van der Waals surface area contributed by atoms with Crippen LogP contribution in [0.1, 0.15) is 22.3 Å². The fourth-order valence-corrected chi connectivity index (χ4v) is 4.85. The maximum atomic E-state index is 13.3. The smallest absolute Gasteiger partial charge is 0.262 e. The highest BCUT2D eigenvalue weighted by Gasteiger charge is 2.29. The van der Waals surface area contributed by atoms with Crippen LogP contribution in [-0.4, -0.2) is 15.0 Å². The molecule has 136 valence electrons. The van der Waals surface area contributed by atoms with E-state index in [0.717, 1.165) is 33.5 Å². The van der Waals surface area contributed by atoms with Gasteiger partial charge in [-0.05, 0) is 49.2 Å². The summed E-state index contributed by atoms with van der Waals surface area (Å²) < 4.78 is 28.1. The van der Waals surface area contributed by atoms with Gasteiger partial charge in [0.2, 0.25) is 0 Å². The Morgan fingerprint density at radius 2 is 1.48 bits per heavy atom. The van der Waals surface area contributed by atoms with Crippen molar-refractivity contribution in [1.82, 2.24) is 0 Å². The Bertz CT molecular complexity index is 1110. The van der Waals surface area contributed by atoms with Gasteiger partial charge >= 0.3 is 0 Å². The van der Waals surface area contributed by atoms with Gasteiger partial charge in [-0.25, -0.2) is 8.42 Å². The number of anilines is 1. The number of benzene rings is 3. The van der Waals surface area contributed by atoms with Crippen molar-refractivity contribution in [3.05, 3.63) is 101 Å². The molecule has 4 heteroatoms. The number of hydrogen-bond donors (Lipinski definition) is 0. The lowest BCUT2D eigenvalue weighted by Gasteiger charge is -2.30. The summed E-state index contributed by atoms with van der Waals surface area (Å²) in [5.74, 6) is 0. The van der Waals surface area contributed by atoms with Crippen LogP contribution in [0.3, 0.4) is 0 Å². The lowest BCUT2D eigenvalue weighted by atomic mass is 9.93. The van der Waals surface area contributed by atoms with E-state index in [0.29, 0.717) is 11.4 Å². The van der Waals surface area contributed by atoms with Crippen LogP contribution < -0.4 is 4.31 Å². The Morgan fingerprint density at radius 1 is 0.815 bits per heavy atom. The summed E-state index contributed by atoms with van der Waals surface area (Å²) in [6.07, 6.45) is 2.00. The molecule has 0 spiro atoms. The van der Waals surface area contributed by atoms with Crippen molar-refractivity contribution < 1.29 is 8.42 Å². The van der Waals surface area contributed by atoms with Gasteiger partial charge in [-0.2, -0.15) is 0 Å². The summed E-state index contributed by atoms with van der Waals surface area (Å²) in [7, 11) is -3.62. The summed E-state index contributed by atoms with van der Waals surface area (Å²) in [5.41, 5.74) is 5.98.